The summed E-state index contributed by atoms with van der Waals surface area (Å²) in [5, 5.41) is 3.81. The second kappa shape index (κ2) is 8.26. The third-order valence-corrected chi connectivity index (χ3v) is 5.25. The largest absolute Gasteiger partial charge is 0.314 e. The predicted octanol–water partition coefficient (Wildman–Crippen LogP) is 3.67. The van der Waals surface area contributed by atoms with Crippen LogP contribution in [0.1, 0.15) is 65.2 Å². The van der Waals surface area contributed by atoms with Crippen molar-refractivity contribution >= 4 is 0 Å². The molecule has 2 aliphatic rings. The summed E-state index contributed by atoms with van der Waals surface area (Å²) in [6, 6.07) is 0.796. The van der Waals surface area contributed by atoms with Crippen molar-refractivity contribution in [1.82, 2.24) is 10.2 Å². The normalized spacial score (nSPS) is 28.6. The van der Waals surface area contributed by atoms with Crippen molar-refractivity contribution in [2.75, 3.05) is 26.2 Å². The molecule has 0 saturated heterocycles. The highest BCUT2D eigenvalue weighted by molar-refractivity contribution is 4.84. The molecule has 0 aliphatic heterocycles. The lowest BCUT2D eigenvalue weighted by Gasteiger charge is -2.38. The van der Waals surface area contributed by atoms with Gasteiger partial charge in [0.15, 0.2) is 0 Å². The summed E-state index contributed by atoms with van der Waals surface area (Å²) in [5.74, 6) is 1.92. The summed E-state index contributed by atoms with van der Waals surface area (Å²) in [6.45, 7) is 9.78. The van der Waals surface area contributed by atoms with Crippen molar-refractivity contribution in [2.24, 2.45) is 11.8 Å². The lowest BCUT2D eigenvalue weighted by Crippen LogP contribution is -2.45. The van der Waals surface area contributed by atoms with E-state index in [1.54, 1.807) is 0 Å². The van der Waals surface area contributed by atoms with E-state index < -0.39 is 0 Å². The minimum absolute atomic E-state index is 0.796. The van der Waals surface area contributed by atoms with Gasteiger partial charge in [-0.25, -0.2) is 0 Å². The van der Waals surface area contributed by atoms with Crippen LogP contribution in [0.4, 0.5) is 0 Å². The van der Waals surface area contributed by atoms with E-state index in [-0.39, 0.29) is 0 Å². The molecule has 2 saturated carbocycles. The molecule has 0 aromatic heterocycles. The molecule has 2 nitrogen and oxygen atoms in total. The van der Waals surface area contributed by atoms with Crippen molar-refractivity contribution in [3.05, 3.63) is 0 Å². The van der Waals surface area contributed by atoms with Gasteiger partial charge in [-0.2, -0.15) is 0 Å². The maximum absolute atomic E-state index is 3.81. The van der Waals surface area contributed by atoms with Crippen molar-refractivity contribution in [3.63, 3.8) is 0 Å². The fraction of sp³-hybridized carbons (Fsp3) is 1.00. The number of hydrogen-bond acceptors (Lipinski definition) is 2. The molecule has 2 aliphatic carbocycles. The number of rotatable bonds is 8. The molecular weight excluding hydrogens is 232 g/mol. The Bertz CT molecular complexity index is 237. The average molecular weight is 266 g/mol. The van der Waals surface area contributed by atoms with Gasteiger partial charge >= 0.3 is 0 Å². The Balaban J connectivity index is 1.78. The van der Waals surface area contributed by atoms with Gasteiger partial charge in [0.1, 0.15) is 0 Å². The zero-order valence-corrected chi connectivity index (χ0v) is 13.2. The van der Waals surface area contributed by atoms with Crippen molar-refractivity contribution < 1.29 is 0 Å². The third kappa shape index (κ3) is 4.75. The molecule has 0 radical (unpaired) electrons. The van der Waals surface area contributed by atoms with E-state index in [1.165, 1.54) is 77.5 Å². The first-order chi connectivity index (χ1) is 9.33. The fourth-order valence-corrected chi connectivity index (χ4v) is 3.73. The first-order valence-corrected chi connectivity index (χ1v) is 8.79. The highest BCUT2D eigenvalue weighted by atomic mass is 15.1. The zero-order valence-electron chi connectivity index (χ0n) is 13.2. The molecule has 2 rings (SSSR count). The molecule has 0 spiro atoms. The predicted molar refractivity (Wildman–Crippen MR) is 83.5 cm³/mol. The van der Waals surface area contributed by atoms with Crippen molar-refractivity contribution in [3.8, 4) is 0 Å². The maximum Gasteiger partial charge on any atom is 0.0107 e. The summed E-state index contributed by atoms with van der Waals surface area (Å²) >= 11 is 0. The van der Waals surface area contributed by atoms with Crippen LogP contribution in [-0.2, 0) is 0 Å². The van der Waals surface area contributed by atoms with E-state index in [1.807, 2.05) is 0 Å². The molecule has 0 bridgehead atoms. The monoisotopic (exact) mass is 266 g/mol. The molecule has 2 heteroatoms. The Morgan fingerprint density at radius 3 is 2.37 bits per heavy atom. The molecule has 1 N–H and O–H groups in total. The van der Waals surface area contributed by atoms with E-state index in [0.29, 0.717) is 0 Å². The van der Waals surface area contributed by atoms with E-state index in [2.05, 4.69) is 24.1 Å². The SMILES string of the molecule is CCCNC1CCCCC1CN(CC)CC1CCC1. The van der Waals surface area contributed by atoms with Crippen LogP contribution in [0.3, 0.4) is 0 Å². The molecule has 2 unspecified atom stereocenters. The van der Waals surface area contributed by atoms with Gasteiger partial charge in [-0.05, 0) is 57.0 Å². The molecule has 112 valence electrons. The molecule has 0 amide bonds. The van der Waals surface area contributed by atoms with Crippen molar-refractivity contribution in [2.45, 2.75) is 71.3 Å². The standard InChI is InChI=1S/C17H34N2/c1-3-12-18-17-11-6-5-10-16(17)14-19(4-2)13-15-8-7-9-15/h15-18H,3-14H2,1-2H3. The van der Waals surface area contributed by atoms with Gasteiger partial charge in [0.25, 0.3) is 0 Å². The van der Waals surface area contributed by atoms with Gasteiger partial charge < -0.3 is 10.2 Å². The van der Waals surface area contributed by atoms with E-state index in [9.17, 15) is 0 Å². The second-order valence-electron chi connectivity index (χ2n) is 6.75. The summed E-state index contributed by atoms with van der Waals surface area (Å²) < 4.78 is 0. The summed E-state index contributed by atoms with van der Waals surface area (Å²) in [4.78, 5) is 2.74. The minimum Gasteiger partial charge on any atom is -0.314 e. The first-order valence-electron chi connectivity index (χ1n) is 8.79. The smallest absolute Gasteiger partial charge is 0.0107 e. The van der Waals surface area contributed by atoms with Crippen LogP contribution in [0.25, 0.3) is 0 Å². The Hall–Kier alpha value is -0.0800. The van der Waals surface area contributed by atoms with E-state index in [4.69, 9.17) is 0 Å². The molecule has 2 fully saturated rings. The topological polar surface area (TPSA) is 15.3 Å². The lowest BCUT2D eigenvalue weighted by molar-refractivity contribution is 0.133. The number of nitrogens with one attached hydrogen (secondary N) is 1. The van der Waals surface area contributed by atoms with Crippen LogP contribution in [0.5, 0.6) is 0 Å². The Labute approximate surface area is 120 Å². The fourth-order valence-electron chi connectivity index (χ4n) is 3.73. The lowest BCUT2D eigenvalue weighted by atomic mass is 9.82. The van der Waals surface area contributed by atoms with Crippen LogP contribution in [0, 0.1) is 11.8 Å². The van der Waals surface area contributed by atoms with Crippen LogP contribution >= 0.6 is 0 Å². The quantitative estimate of drug-likeness (QED) is 0.721. The van der Waals surface area contributed by atoms with Gasteiger partial charge in [-0.3, -0.25) is 0 Å². The Kier molecular flexibility index (Phi) is 6.66. The molecular formula is C17H34N2. The molecule has 0 heterocycles. The average Bonchev–Trinajstić information content (AvgIpc) is 2.40. The Morgan fingerprint density at radius 2 is 1.74 bits per heavy atom. The maximum atomic E-state index is 3.81. The van der Waals surface area contributed by atoms with Gasteiger partial charge in [0.2, 0.25) is 0 Å². The van der Waals surface area contributed by atoms with Crippen molar-refractivity contribution in [1.29, 1.82) is 0 Å². The van der Waals surface area contributed by atoms with Crippen LogP contribution in [0.15, 0.2) is 0 Å². The summed E-state index contributed by atoms with van der Waals surface area (Å²) in [5.41, 5.74) is 0. The van der Waals surface area contributed by atoms with Crippen LogP contribution in [0.2, 0.25) is 0 Å². The number of nitrogens with zero attached hydrogens (tertiary/aromatic N) is 1. The first kappa shape index (κ1) is 15.3. The zero-order chi connectivity index (χ0) is 13.5. The van der Waals surface area contributed by atoms with Gasteiger partial charge in [-0.1, -0.05) is 33.1 Å². The van der Waals surface area contributed by atoms with E-state index >= 15 is 0 Å². The summed E-state index contributed by atoms with van der Waals surface area (Å²) in [7, 11) is 0. The van der Waals surface area contributed by atoms with Gasteiger partial charge in [-0.15, -0.1) is 0 Å². The van der Waals surface area contributed by atoms with Crippen LogP contribution < -0.4 is 5.32 Å². The minimum atomic E-state index is 0.796. The Morgan fingerprint density at radius 1 is 0.947 bits per heavy atom. The van der Waals surface area contributed by atoms with E-state index in [0.717, 1.165) is 17.9 Å². The van der Waals surface area contributed by atoms with Gasteiger partial charge in [0.05, 0.1) is 0 Å². The molecule has 19 heavy (non-hydrogen) atoms. The molecule has 0 aromatic rings. The highest BCUT2D eigenvalue weighted by Crippen LogP contribution is 2.29. The molecule has 0 aromatic carbocycles. The summed E-state index contributed by atoms with van der Waals surface area (Å²) in [6.07, 6.45) is 11.5. The van der Waals surface area contributed by atoms with Crippen LogP contribution in [-0.4, -0.2) is 37.1 Å². The number of hydrogen-bond donors (Lipinski definition) is 1. The third-order valence-electron chi connectivity index (χ3n) is 5.25. The highest BCUT2D eigenvalue weighted by Gasteiger charge is 2.27. The van der Waals surface area contributed by atoms with Gasteiger partial charge in [0, 0.05) is 19.1 Å². The second-order valence-corrected chi connectivity index (χ2v) is 6.75. The molecule has 2 atom stereocenters.